The van der Waals surface area contributed by atoms with Crippen molar-refractivity contribution >= 4 is 16.0 Å². The molecule has 1 aromatic carbocycles. The first kappa shape index (κ1) is 15.0. The van der Waals surface area contributed by atoms with Gasteiger partial charge in [0.2, 0.25) is 10.0 Å². The number of hydrogen-bond acceptors (Lipinski definition) is 5. The van der Waals surface area contributed by atoms with Gasteiger partial charge in [-0.3, -0.25) is 0 Å². The highest BCUT2D eigenvalue weighted by molar-refractivity contribution is 7.89. The Morgan fingerprint density at radius 1 is 1.45 bits per heavy atom. The molecule has 1 unspecified atom stereocenters. The largest absolute Gasteiger partial charge is 0.465 e. The molecule has 1 heterocycles. The molecule has 2 rings (SSSR count). The molecule has 7 heteroatoms. The fraction of sp³-hybridized carbons (Fsp3) is 0.462. The maximum atomic E-state index is 12.4. The van der Waals surface area contributed by atoms with E-state index in [9.17, 15) is 13.2 Å². The summed E-state index contributed by atoms with van der Waals surface area (Å²) >= 11 is 0. The maximum Gasteiger partial charge on any atom is 0.338 e. The SMILES string of the molecule is COC(=O)c1cccc(S(=O)(=O)NC2CCNC2)c1C. The van der Waals surface area contributed by atoms with E-state index >= 15 is 0 Å². The van der Waals surface area contributed by atoms with Gasteiger partial charge in [-0.1, -0.05) is 6.07 Å². The Balaban J connectivity index is 2.34. The predicted molar refractivity (Wildman–Crippen MR) is 74.1 cm³/mol. The molecule has 0 radical (unpaired) electrons. The lowest BCUT2D eigenvalue weighted by atomic mass is 10.1. The standard InChI is InChI=1S/C13H18N2O4S/c1-9-11(13(16)19-2)4-3-5-12(9)20(17,18)15-10-6-7-14-8-10/h3-5,10,14-15H,6-8H2,1-2H3. The van der Waals surface area contributed by atoms with E-state index < -0.39 is 16.0 Å². The smallest absolute Gasteiger partial charge is 0.338 e. The van der Waals surface area contributed by atoms with Crippen LogP contribution in [-0.4, -0.2) is 40.6 Å². The van der Waals surface area contributed by atoms with Crippen molar-refractivity contribution in [3.63, 3.8) is 0 Å². The van der Waals surface area contributed by atoms with Crippen LogP contribution in [0.15, 0.2) is 23.1 Å². The van der Waals surface area contributed by atoms with Crippen LogP contribution in [0.25, 0.3) is 0 Å². The molecule has 0 amide bonds. The van der Waals surface area contributed by atoms with E-state index in [1.54, 1.807) is 19.1 Å². The van der Waals surface area contributed by atoms with Crippen LogP contribution < -0.4 is 10.0 Å². The zero-order valence-electron chi connectivity index (χ0n) is 11.5. The van der Waals surface area contributed by atoms with Crippen molar-refractivity contribution in [2.24, 2.45) is 0 Å². The van der Waals surface area contributed by atoms with Crippen molar-refractivity contribution in [1.29, 1.82) is 0 Å². The maximum absolute atomic E-state index is 12.4. The number of benzene rings is 1. The van der Waals surface area contributed by atoms with Gasteiger partial charge in [0.05, 0.1) is 17.6 Å². The van der Waals surface area contributed by atoms with Crippen LogP contribution in [0.1, 0.15) is 22.3 Å². The lowest BCUT2D eigenvalue weighted by Gasteiger charge is -2.15. The summed E-state index contributed by atoms with van der Waals surface area (Å²) in [7, 11) is -2.37. The quantitative estimate of drug-likeness (QED) is 0.787. The zero-order chi connectivity index (χ0) is 14.8. The average Bonchev–Trinajstić information content (AvgIpc) is 2.90. The number of carbonyl (C=O) groups is 1. The highest BCUT2D eigenvalue weighted by atomic mass is 32.2. The molecule has 0 spiro atoms. The second-order valence-electron chi connectivity index (χ2n) is 4.73. The highest BCUT2D eigenvalue weighted by Crippen LogP contribution is 2.20. The Kier molecular flexibility index (Phi) is 4.42. The van der Waals surface area contributed by atoms with Gasteiger partial charge in [-0.05, 0) is 37.6 Å². The molecule has 0 aliphatic carbocycles. The number of carbonyl (C=O) groups excluding carboxylic acids is 1. The van der Waals surface area contributed by atoms with Crippen molar-refractivity contribution in [2.75, 3.05) is 20.2 Å². The van der Waals surface area contributed by atoms with Gasteiger partial charge in [0.1, 0.15) is 0 Å². The summed E-state index contributed by atoms with van der Waals surface area (Å²) in [6.45, 7) is 3.02. The molecule has 1 atom stereocenters. The van der Waals surface area contributed by atoms with E-state index in [0.29, 0.717) is 12.1 Å². The first-order chi connectivity index (χ1) is 9.45. The Labute approximate surface area is 118 Å². The van der Waals surface area contributed by atoms with Crippen LogP contribution in [0.3, 0.4) is 0 Å². The highest BCUT2D eigenvalue weighted by Gasteiger charge is 2.25. The summed E-state index contributed by atoms with van der Waals surface area (Å²) in [6, 6.07) is 4.48. The van der Waals surface area contributed by atoms with Crippen LogP contribution in [-0.2, 0) is 14.8 Å². The lowest BCUT2D eigenvalue weighted by molar-refractivity contribution is 0.0599. The molecular formula is C13H18N2O4S. The Morgan fingerprint density at radius 3 is 2.80 bits per heavy atom. The van der Waals surface area contributed by atoms with E-state index in [1.807, 2.05) is 0 Å². The van der Waals surface area contributed by atoms with E-state index in [-0.39, 0.29) is 16.5 Å². The summed E-state index contributed by atoms with van der Waals surface area (Å²) in [5.74, 6) is -0.540. The van der Waals surface area contributed by atoms with Gasteiger partial charge < -0.3 is 10.1 Å². The van der Waals surface area contributed by atoms with Crippen molar-refractivity contribution in [3.8, 4) is 0 Å². The van der Waals surface area contributed by atoms with Gasteiger partial charge in [-0.2, -0.15) is 0 Å². The van der Waals surface area contributed by atoms with Gasteiger partial charge in [0.15, 0.2) is 0 Å². The summed E-state index contributed by atoms with van der Waals surface area (Å²) in [5.41, 5.74) is 0.665. The first-order valence-electron chi connectivity index (χ1n) is 6.36. The molecule has 20 heavy (non-hydrogen) atoms. The van der Waals surface area contributed by atoms with Gasteiger partial charge in [0, 0.05) is 12.6 Å². The Hall–Kier alpha value is -1.44. The summed E-state index contributed by atoms with van der Waals surface area (Å²) in [5, 5.41) is 3.10. The minimum Gasteiger partial charge on any atom is -0.465 e. The molecule has 0 saturated carbocycles. The topological polar surface area (TPSA) is 84.5 Å². The van der Waals surface area contributed by atoms with Gasteiger partial charge in [0.25, 0.3) is 0 Å². The second kappa shape index (κ2) is 5.90. The molecule has 1 aliphatic heterocycles. The van der Waals surface area contributed by atoms with E-state index in [4.69, 9.17) is 0 Å². The monoisotopic (exact) mass is 298 g/mol. The molecule has 1 fully saturated rings. The number of nitrogens with one attached hydrogen (secondary N) is 2. The third-order valence-electron chi connectivity index (χ3n) is 3.36. The molecule has 2 N–H and O–H groups in total. The van der Waals surface area contributed by atoms with Gasteiger partial charge in [-0.25, -0.2) is 17.9 Å². The summed E-state index contributed by atoms with van der Waals surface area (Å²) in [4.78, 5) is 11.7. The normalized spacial score (nSPS) is 19.0. The number of esters is 1. The fourth-order valence-electron chi connectivity index (χ4n) is 2.27. The van der Waals surface area contributed by atoms with Crippen LogP contribution >= 0.6 is 0 Å². The summed E-state index contributed by atoms with van der Waals surface area (Å²) in [6.07, 6.45) is 0.759. The Bertz CT molecular complexity index is 607. The molecule has 110 valence electrons. The van der Waals surface area contributed by atoms with Crippen LogP contribution in [0.4, 0.5) is 0 Å². The molecule has 1 aromatic rings. The van der Waals surface area contributed by atoms with E-state index in [2.05, 4.69) is 14.8 Å². The third-order valence-corrected chi connectivity index (χ3v) is 5.03. The number of rotatable bonds is 4. The molecule has 1 aliphatic rings. The summed E-state index contributed by atoms with van der Waals surface area (Å²) < 4.78 is 32.1. The predicted octanol–water partition coefficient (Wildman–Crippen LogP) is 0.422. The zero-order valence-corrected chi connectivity index (χ0v) is 12.3. The van der Waals surface area contributed by atoms with Crippen LogP contribution in [0.2, 0.25) is 0 Å². The molecule has 0 aromatic heterocycles. The number of sulfonamides is 1. The molecule has 1 saturated heterocycles. The van der Waals surface area contributed by atoms with Gasteiger partial charge in [-0.15, -0.1) is 0 Å². The molecule has 0 bridgehead atoms. The van der Waals surface area contributed by atoms with Crippen molar-refractivity contribution in [3.05, 3.63) is 29.3 Å². The minimum atomic E-state index is -3.64. The molecule has 6 nitrogen and oxygen atoms in total. The fourth-order valence-corrected chi connectivity index (χ4v) is 3.81. The van der Waals surface area contributed by atoms with Crippen molar-refractivity contribution in [2.45, 2.75) is 24.3 Å². The Morgan fingerprint density at radius 2 is 2.20 bits per heavy atom. The third kappa shape index (κ3) is 3.00. The minimum absolute atomic E-state index is 0.110. The van der Waals surface area contributed by atoms with Crippen molar-refractivity contribution in [1.82, 2.24) is 10.0 Å². The number of hydrogen-bond donors (Lipinski definition) is 2. The van der Waals surface area contributed by atoms with E-state index in [1.165, 1.54) is 13.2 Å². The van der Waals surface area contributed by atoms with Crippen LogP contribution in [0, 0.1) is 6.92 Å². The van der Waals surface area contributed by atoms with Crippen molar-refractivity contribution < 1.29 is 17.9 Å². The van der Waals surface area contributed by atoms with Crippen LogP contribution in [0.5, 0.6) is 0 Å². The first-order valence-corrected chi connectivity index (χ1v) is 7.85. The number of methoxy groups -OCH3 is 1. The average molecular weight is 298 g/mol. The van der Waals surface area contributed by atoms with Gasteiger partial charge >= 0.3 is 5.97 Å². The number of ether oxygens (including phenoxy) is 1. The molecular weight excluding hydrogens is 280 g/mol. The second-order valence-corrected chi connectivity index (χ2v) is 6.41. The van der Waals surface area contributed by atoms with E-state index in [0.717, 1.165) is 13.0 Å². The lowest BCUT2D eigenvalue weighted by Crippen LogP contribution is -2.36.